The highest BCUT2D eigenvalue weighted by molar-refractivity contribution is 6.03. The van der Waals surface area contributed by atoms with E-state index < -0.39 is 0 Å². The van der Waals surface area contributed by atoms with Crippen LogP contribution in [0, 0.1) is 6.92 Å². The van der Waals surface area contributed by atoms with Gasteiger partial charge in [0.2, 0.25) is 0 Å². The van der Waals surface area contributed by atoms with E-state index >= 15 is 0 Å². The molecule has 100 valence electrons. The van der Waals surface area contributed by atoms with E-state index in [2.05, 4.69) is 10.5 Å². The van der Waals surface area contributed by atoms with Crippen molar-refractivity contribution in [1.29, 1.82) is 0 Å². The third-order valence-electron chi connectivity index (χ3n) is 2.80. The molecule has 1 N–H and O–H groups in total. The van der Waals surface area contributed by atoms with Crippen molar-refractivity contribution in [2.45, 2.75) is 33.1 Å². The Morgan fingerprint density at radius 3 is 2.37 bits per heavy atom. The number of rotatable bonds is 2. The summed E-state index contributed by atoms with van der Waals surface area (Å²) in [6.45, 7) is 8.06. The van der Waals surface area contributed by atoms with Crippen LogP contribution in [0.4, 0.5) is 5.82 Å². The molecule has 1 aromatic carbocycles. The van der Waals surface area contributed by atoms with Crippen LogP contribution in [0.15, 0.2) is 34.9 Å². The fraction of sp³-hybridized carbons (Fsp3) is 0.333. The molecule has 0 atom stereocenters. The summed E-state index contributed by atoms with van der Waals surface area (Å²) in [5.74, 6) is 0.996. The molecule has 0 saturated carbocycles. The molecule has 2 aromatic rings. The minimum absolute atomic E-state index is 0.125. The average molecular weight is 258 g/mol. The molecule has 0 aliphatic heterocycles. The third kappa shape index (κ3) is 3.22. The summed E-state index contributed by atoms with van der Waals surface area (Å²) in [6.07, 6.45) is 0. The maximum absolute atomic E-state index is 12.0. The maximum Gasteiger partial charge on any atom is 0.256 e. The number of nitrogens with zero attached hydrogens (tertiary/aromatic N) is 1. The molecular weight excluding hydrogens is 240 g/mol. The number of aryl methyl sites for hydroxylation is 1. The molecule has 0 unspecified atom stereocenters. The average Bonchev–Trinajstić information content (AvgIpc) is 2.78. The van der Waals surface area contributed by atoms with E-state index in [0.717, 1.165) is 11.3 Å². The molecule has 4 nitrogen and oxygen atoms in total. The predicted molar refractivity (Wildman–Crippen MR) is 74.3 cm³/mol. The van der Waals surface area contributed by atoms with Gasteiger partial charge in [-0.05, 0) is 19.1 Å². The van der Waals surface area contributed by atoms with Crippen LogP contribution >= 0.6 is 0 Å². The van der Waals surface area contributed by atoms with Crippen molar-refractivity contribution < 1.29 is 9.32 Å². The highest BCUT2D eigenvalue weighted by Crippen LogP contribution is 2.24. The largest absolute Gasteiger partial charge is 0.359 e. The first-order chi connectivity index (χ1) is 8.86. The summed E-state index contributed by atoms with van der Waals surface area (Å²) in [7, 11) is 0. The second-order valence-electron chi connectivity index (χ2n) is 5.65. The van der Waals surface area contributed by atoms with Crippen LogP contribution in [0.3, 0.4) is 0 Å². The van der Waals surface area contributed by atoms with Crippen molar-refractivity contribution in [3.8, 4) is 0 Å². The molecule has 1 heterocycles. The van der Waals surface area contributed by atoms with Crippen LogP contribution in [-0.4, -0.2) is 11.1 Å². The minimum Gasteiger partial charge on any atom is -0.359 e. The molecule has 1 aromatic heterocycles. The fourth-order valence-corrected chi connectivity index (χ4v) is 1.58. The van der Waals surface area contributed by atoms with Gasteiger partial charge in [0.15, 0.2) is 5.82 Å². The Kier molecular flexibility index (Phi) is 3.42. The zero-order chi connectivity index (χ0) is 14.0. The number of hydrogen-bond acceptors (Lipinski definition) is 3. The summed E-state index contributed by atoms with van der Waals surface area (Å²) in [4.78, 5) is 12.0. The van der Waals surface area contributed by atoms with E-state index in [-0.39, 0.29) is 11.3 Å². The van der Waals surface area contributed by atoms with Crippen molar-refractivity contribution in [3.63, 3.8) is 0 Å². The molecule has 19 heavy (non-hydrogen) atoms. The summed E-state index contributed by atoms with van der Waals surface area (Å²) >= 11 is 0. The molecular formula is C15H18N2O2. The van der Waals surface area contributed by atoms with Gasteiger partial charge in [-0.3, -0.25) is 4.79 Å². The number of anilines is 1. The second kappa shape index (κ2) is 4.88. The van der Waals surface area contributed by atoms with Gasteiger partial charge in [0.25, 0.3) is 5.91 Å². The van der Waals surface area contributed by atoms with Gasteiger partial charge < -0.3 is 9.84 Å². The molecule has 0 fully saturated rings. The van der Waals surface area contributed by atoms with E-state index in [1.54, 1.807) is 18.2 Å². The zero-order valence-corrected chi connectivity index (χ0v) is 11.7. The predicted octanol–water partition coefficient (Wildman–Crippen LogP) is 3.53. The molecule has 1 amide bonds. The van der Waals surface area contributed by atoms with Crippen molar-refractivity contribution in [2.24, 2.45) is 0 Å². The number of carbonyl (C=O) groups is 1. The lowest BCUT2D eigenvalue weighted by Crippen LogP contribution is -2.12. The SMILES string of the molecule is Cc1ccc(C(=O)Nc2cc(C(C)(C)C)on2)cc1. The van der Waals surface area contributed by atoms with E-state index in [1.165, 1.54) is 0 Å². The Balaban J connectivity index is 2.11. The first-order valence-corrected chi connectivity index (χ1v) is 6.21. The Labute approximate surface area is 112 Å². The summed E-state index contributed by atoms with van der Waals surface area (Å²) in [5, 5.41) is 6.59. The van der Waals surface area contributed by atoms with E-state index in [9.17, 15) is 4.79 Å². The number of hydrogen-bond donors (Lipinski definition) is 1. The molecule has 0 aliphatic rings. The number of benzene rings is 1. The molecule has 4 heteroatoms. The molecule has 2 rings (SSSR count). The quantitative estimate of drug-likeness (QED) is 0.896. The number of nitrogens with one attached hydrogen (secondary N) is 1. The van der Waals surface area contributed by atoms with Crippen LogP contribution < -0.4 is 5.32 Å². The van der Waals surface area contributed by atoms with E-state index in [0.29, 0.717) is 11.4 Å². The smallest absolute Gasteiger partial charge is 0.256 e. The monoisotopic (exact) mass is 258 g/mol. The van der Waals surface area contributed by atoms with Crippen LogP contribution in [0.25, 0.3) is 0 Å². The highest BCUT2D eigenvalue weighted by Gasteiger charge is 2.20. The van der Waals surface area contributed by atoms with Gasteiger partial charge in [-0.15, -0.1) is 0 Å². The van der Waals surface area contributed by atoms with E-state index in [4.69, 9.17) is 4.52 Å². The van der Waals surface area contributed by atoms with Gasteiger partial charge in [0, 0.05) is 17.0 Å². The summed E-state index contributed by atoms with van der Waals surface area (Å²) in [5.41, 5.74) is 1.60. The number of aromatic nitrogens is 1. The van der Waals surface area contributed by atoms with Crippen molar-refractivity contribution in [2.75, 3.05) is 5.32 Å². The molecule has 0 saturated heterocycles. The zero-order valence-electron chi connectivity index (χ0n) is 11.7. The standard InChI is InChI=1S/C15H18N2O2/c1-10-5-7-11(8-6-10)14(18)16-13-9-12(19-17-13)15(2,3)4/h5-9H,1-4H3,(H,16,17,18). The Morgan fingerprint density at radius 2 is 1.84 bits per heavy atom. The van der Waals surface area contributed by atoms with Crippen LogP contribution in [0.5, 0.6) is 0 Å². The molecule has 0 radical (unpaired) electrons. The summed E-state index contributed by atoms with van der Waals surface area (Å²) < 4.78 is 5.22. The van der Waals surface area contributed by atoms with Gasteiger partial charge in [-0.25, -0.2) is 0 Å². The van der Waals surface area contributed by atoms with Gasteiger partial charge in [-0.1, -0.05) is 43.6 Å². The lowest BCUT2D eigenvalue weighted by molar-refractivity contribution is 0.102. The van der Waals surface area contributed by atoms with Crippen LogP contribution in [-0.2, 0) is 5.41 Å². The first kappa shape index (κ1) is 13.3. The van der Waals surface area contributed by atoms with Crippen molar-refractivity contribution in [1.82, 2.24) is 5.16 Å². The van der Waals surface area contributed by atoms with Gasteiger partial charge in [0.1, 0.15) is 5.76 Å². The maximum atomic E-state index is 12.0. The molecule has 0 aliphatic carbocycles. The topological polar surface area (TPSA) is 55.1 Å². The molecule has 0 bridgehead atoms. The van der Waals surface area contributed by atoms with E-state index in [1.807, 2.05) is 39.8 Å². The first-order valence-electron chi connectivity index (χ1n) is 6.21. The Hall–Kier alpha value is -2.10. The second-order valence-corrected chi connectivity index (χ2v) is 5.65. The van der Waals surface area contributed by atoms with Crippen LogP contribution in [0.1, 0.15) is 42.5 Å². The van der Waals surface area contributed by atoms with Gasteiger partial charge >= 0.3 is 0 Å². The Morgan fingerprint density at radius 1 is 1.21 bits per heavy atom. The fourth-order valence-electron chi connectivity index (χ4n) is 1.58. The lowest BCUT2D eigenvalue weighted by Gasteiger charge is -2.12. The normalized spacial score (nSPS) is 11.4. The number of carbonyl (C=O) groups excluding carboxylic acids is 1. The minimum atomic E-state index is -0.186. The van der Waals surface area contributed by atoms with Crippen LogP contribution in [0.2, 0.25) is 0 Å². The molecule has 0 spiro atoms. The number of amides is 1. The highest BCUT2D eigenvalue weighted by atomic mass is 16.5. The third-order valence-corrected chi connectivity index (χ3v) is 2.80. The summed E-state index contributed by atoms with van der Waals surface area (Å²) in [6, 6.07) is 9.13. The van der Waals surface area contributed by atoms with Crippen molar-refractivity contribution in [3.05, 3.63) is 47.2 Å². The van der Waals surface area contributed by atoms with Crippen molar-refractivity contribution >= 4 is 11.7 Å². The Bertz CT molecular complexity index is 577. The van der Waals surface area contributed by atoms with Gasteiger partial charge in [-0.2, -0.15) is 0 Å². The lowest BCUT2D eigenvalue weighted by atomic mass is 9.93. The van der Waals surface area contributed by atoms with Gasteiger partial charge in [0.05, 0.1) is 0 Å².